The molecule has 2 N–H and O–H groups in total. The number of pyridine rings is 1. The van der Waals surface area contributed by atoms with E-state index in [1.54, 1.807) is 18.3 Å². The summed E-state index contributed by atoms with van der Waals surface area (Å²) in [5.74, 6) is -0.0751. The van der Waals surface area contributed by atoms with Crippen LogP contribution in [-0.2, 0) is 6.54 Å². The van der Waals surface area contributed by atoms with E-state index < -0.39 is 0 Å². The summed E-state index contributed by atoms with van der Waals surface area (Å²) in [5.41, 5.74) is 3.80. The van der Waals surface area contributed by atoms with Crippen molar-refractivity contribution >= 4 is 22.5 Å². The molecule has 25 heavy (non-hydrogen) atoms. The smallest absolute Gasteiger partial charge is 0.251 e. The lowest BCUT2D eigenvalue weighted by Crippen LogP contribution is -2.22. The van der Waals surface area contributed by atoms with E-state index in [1.165, 1.54) is 0 Å². The minimum atomic E-state index is -0.0751. The molecule has 0 aliphatic heterocycles. The molecule has 0 radical (unpaired) electrons. The van der Waals surface area contributed by atoms with Crippen molar-refractivity contribution in [3.63, 3.8) is 0 Å². The Morgan fingerprint density at radius 1 is 1.16 bits per heavy atom. The van der Waals surface area contributed by atoms with E-state index in [2.05, 4.69) is 21.7 Å². The van der Waals surface area contributed by atoms with Crippen molar-refractivity contribution < 1.29 is 4.79 Å². The number of fused-ring (bicyclic) bond motifs is 1. The van der Waals surface area contributed by atoms with E-state index in [-0.39, 0.29) is 5.91 Å². The zero-order valence-electron chi connectivity index (χ0n) is 13.9. The van der Waals surface area contributed by atoms with Crippen molar-refractivity contribution in [3.8, 4) is 6.07 Å². The summed E-state index contributed by atoms with van der Waals surface area (Å²) in [4.78, 5) is 16.1. The van der Waals surface area contributed by atoms with Gasteiger partial charge in [-0.05, 0) is 30.7 Å². The van der Waals surface area contributed by atoms with Gasteiger partial charge in [0.2, 0.25) is 0 Å². The van der Waals surface area contributed by atoms with E-state index in [4.69, 9.17) is 0 Å². The molecular weight excluding hydrogens is 312 g/mol. The number of nitriles is 1. The molecule has 0 bridgehead atoms. The fourth-order valence-electron chi connectivity index (χ4n) is 2.64. The number of rotatable bonds is 5. The third kappa shape index (κ3) is 3.59. The molecule has 0 saturated carbocycles. The quantitative estimate of drug-likeness (QED) is 0.751. The van der Waals surface area contributed by atoms with Crippen molar-refractivity contribution in [2.45, 2.75) is 13.5 Å². The maximum atomic E-state index is 11.8. The van der Waals surface area contributed by atoms with Crippen LogP contribution in [0.4, 0.5) is 5.69 Å². The van der Waals surface area contributed by atoms with Gasteiger partial charge < -0.3 is 10.6 Å². The van der Waals surface area contributed by atoms with Gasteiger partial charge >= 0.3 is 0 Å². The predicted molar refractivity (Wildman–Crippen MR) is 98.2 cm³/mol. The van der Waals surface area contributed by atoms with Crippen LogP contribution in [0.15, 0.2) is 54.7 Å². The first kappa shape index (κ1) is 16.5. The summed E-state index contributed by atoms with van der Waals surface area (Å²) < 4.78 is 0. The van der Waals surface area contributed by atoms with E-state index in [0.717, 1.165) is 22.2 Å². The highest BCUT2D eigenvalue weighted by Crippen LogP contribution is 2.25. The van der Waals surface area contributed by atoms with Gasteiger partial charge in [0.15, 0.2) is 0 Å². The summed E-state index contributed by atoms with van der Waals surface area (Å²) in [6.45, 7) is 3.05. The lowest BCUT2D eigenvalue weighted by atomic mass is 10.1. The Morgan fingerprint density at radius 3 is 2.64 bits per heavy atom. The third-order valence-corrected chi connectivity index (χ3v) is 3.92. The van der Waals surface area contributed by atoms with Crippen LogP contribution in [0.2, 0.25) is 0 Å². The monoisotopic (exact) mass is 330 g/mol. The molecule has 0 fully saturated rings. The number of carbonyl (C=O) groups excluding carboxylic acids is 1. The molecule has 0 atom stereocenters. The van der Waals surface area contributed by atoms with Gasteiger partial charge in [0.1, 0.15) is 6.07 Å². The average Bonchev–Trinajstić information content (AvgIpc) is 2.66. The SMILES string of the molecule is CCNC(=O)c1ccc(CNc2c(C#N)cnc3ccccc23)cc1. The number of carbonyl (C=O) groups is 1. The molecule has 3 rings (SSSR count). The van der Waals surface area contributed by atoms with Crippen molar-refractivity contribution in [1.29, 1.82) is 5.26 Å². The molecule has 2 aromatic carbocycles. The van der Waals surface area contributed by atoms with Gasteiger partial charge in [0, 0.05) is 30.2 Å². The van der Waals surface area contributed by atoms with Gasteiger partial charge in [-0.2, -0.15) is 5.26 Å². The number of amides is 1. The molecule has 1 aromatic heterocycles. The zero-order valence-corrected chi connectivity index (χ0v) is 13.9. The lowest BCUT2D eigenvalue weighted by molar-refractivity contribution is 0.0956. The molecule has 3 aromatic rings. The van der Waals surface area contributed by atoms with Crippen LogP contribution in [0.3, 0.4) is 0 Å². The largest absolute Gasteiger partial charge is 0.379 e. The predicted octanol–water partition coefficient (Wildman–Crippen LogP) is 3.47. The Kier molecular flexibility index (Phi) is 4.91. The number of benzene rings is 2. The Labute approximate surface area is 146 Å². The third-order valence-electron chi connectivity index (χ3n) is 3.92. The van der Waals surface area contributed by atoms with Crippen LogP contribution >= 0.6 is 0 Å². The van der Waals surface area contributed by atoms with Crippen LogP contribution < -0.4 is 10.6 Å². The molecule has 1 amide bonds. The molecule has 0 saturated heterocycles. The number of nitrogens with one attached hydrogen (secondary N) is 2. The van der Waals surface area contributed by atoms with Gasteiger partial charge in [0.05, 0.1) is 16.8 Å². The Morgan fingerprint density at radius 2 is 1.92 bits per heavy atom. The number of anilines is 1. The van der Waals surface area contributed by atoms with E-state index >= 15 is 0 Å². The summed E-state index contributed by atoms with van der Waals surface area (Å²) >= 11 is 0. The normalized spacial score (nSPS) is 10.2. The van der Waals surface area contributed by atoms with E-state index in [1.807, 2.05) is 43.3 Å². The Hall–Kier alpha value is -3.39. The fourth-order valence-corrected chi connectivity index (χ4v) is 2.64. The number of hydrogen-bond acceptors (Lipinski definition) is 4. The molecule has 124 valence electrons. The summed E-state index contributed by atoms with van der Waals surface area (Å²) in [6.07, 6.45) is 1.59. The Bertz CT molecular complexity index is 942. The summed E-state index contributed by atoms with van der Waals surface area (Å²) in [6, 6.07) is 17.3. The summed E-state index contributed by atoms with van der Waals surface area (Å²) in [5, 5.41) is 16.4. The molecule has 5 nitrogen and oxygen atoms in total. The second-order valence-corrected chi connectivity index (χ2v) is 5.59. The first-order valence-electron chi connectivity index (χ1n) is 8.11. The fraction of sp³-hybridized carbons (Fsp3) is 0.150. The zero-order chi connectivity index (χ0) is 17.6. The second kappa shape index (κ2) is 7.45. The van der Waals surface area contributed by atoms with Gasteiger partial charge in [-0.1, -0.05) is 30.3 Å². The van der Waals surface area contributed by atoms with Crippen molar-refractivity contribution in [2.75, 3.05) is 11.9 Å². The van der Waals surface area contributed by atoms with Crippen LogP contribution in [0, 0.1) is 11.3 Å². The van der Waals surface area contributed by atoms with Crippen LogP contribution in [-0.4, -0.2) is 17.4 Å². The second-order valence-electron chi connectivity index (χ2n) is 5.59. The van der Waals surface area contributed by atoms with Crippen molar-refractivity contribution in [2.24, 2.45) is 0 Å². The van der Waals surface area contributed by atoms with Crippen LogP contribution in [0.5, 0.6) is 0 Å². The summed E-state index contributed by atoms with van der Waals surface area (Å²) in [7, 11) is 0. The van der Waals surface area contributed by atoms with Crippen molar-refractivity contribution in [3.05, 3.63) is 71.4 Å². The molecule has 0 spiro atoms. The first-order valence-corrected chi connectivity index (χ1v) is 8.11. The maximum absolute atomic E-state index is 11.8. The highest BCUT2D eigenvalue weighted by molar-refractivity contribution is 5.94. The van der Waals surface area contributed by atoms with Gasteiger partial charge in [-0.15, -0.1) is 0 Å². The number of hydrogen-bond donors (Lipinski definition) is 2. The Balaban J connectivity index is 1.81. The highest BCUT2D eigenvalue weighted by atomic mass is 16.1. The molecule has 0 aliphatic rings. The number of para-hydroxylation sites is 1. The van der Waals surface area contributed by atoms with Crippen molar-refractivity contribution in [1.82, 2.24) is 10.3 Å². The average molecular weight is 330 g/mol. The van der Waals surface area contributed by atoms with Gasteiger partial charge in [-0.25, -0.2) is 0 Å². The highest BCUT2D eigenvalue weighted by Gasteiger charge is 2.09. The van der Waals surface area contributed by atoms with E-state index in [0.29, 0.717) is 24.2 Å². The number of aromatic nitrogens is 1. The molecule has 5 heteroatoms. The van der Waals surface area contributed by atoms with Crippen LogP contribution in [0.1, 0.15) is 28.4 Å². The minimum Gasteiger partial charge on any atom is -0.379 e. The standard InChI is InChI=1S/C20H18N4O/c1-2-22-20(25)15-9-7-14(8-10-15)12-24-19-16(11-21)13-23-18-6-4-3-5-17(18)19/h3-10,13H,2,12H2,1H3,(H,22,25)(H,23,24). The maximum Gasteiger partial charge on any atom is 0.251 e. The minimum absolute atomic E-state index is 0.0751. The topological polar surface area (TPSA) is 77.8 Å². The van der Waals surface area contributed by atoms with Gasteiger partial charge in [0.25, 0.3) is 5.91 Å². The van der Waals surface area contributed by atoms with Gasteiger partial charge in [-0.3, -0.25) is 9.78 Å². The molecule has 1 heterocycles. The van der Waals surface area contributed by atoms with E-state index in [9.17, 15) is 10.1 Å². The first-order chi connectivity index (χ1) is 12.2. The number of nitrogens with zero attached hydrogens (tertiary/aromatic N) is 2. The lowest BCUT2D eigenvalue weighted by Gasteiger charge is -2.11. The molecular formula is C20H18N4O. The molecule has 0 unspecified atom stereocenters. The molecule has 0 aliphatic carbocycles. The van der Waals surface area contributed by atoms with Crippen LogP contribution in [0.25, 0.3) is 10.9 Å².